The predicted octanol–water partition coefficient (Wildman–Crippen LogP) is 3.26. The van der Waals surface area contributed by atoms with E-state index in [2.05, 4.69) is 5.32 Å². The lowest BCUT2D eigenvalue weighted by Gasteiger charge is -2.20. The van der Waals surface area contributed by atoms with Gasteiger partial charge in [-0.15, -0.1) is 0 Å². The third-order valence-electron chi connectivity index (χ3n) is 3.96. The second-order valence-electron chi connectivity index (χ2n) is 5.82. The Hall–Kier alpha value is -3.35. The Labute approximate surface area is 150 Å². The van der Waals surface area contributed by atoms with Crippen molar-refractivity contribution in [1.82, 2.24) is 5.32 Å². The summed E-state index contributed by atoms with van der Waals surface area (Å²) >= 11 is 0. The van der Waals surface area contributed by atoms with Crippen LogP contribution in [0.4, 0.5) is 5.69 Å². The van der Waals surface area contributed by atoms with Crippen LogP contribution in [0.3, 0.4) is 0 Å². The quantitative estimate of drug-likeness (QED) is 0.506. The molecule has 1 aliphatic rings. The van der Waals surface area contributed by atoms with Crippen molar-refractivity contribution in [3.63, 3.8) is 0 Å². The predicted molar refractivity (Wildman–Crippen MR) is 96.1 cm³/mol. The lowest BCUT2D eigenvalue weighted by Crippen LogP contribution is -2.25. The number of fused-ring (bicyclic) bond motifs is 1. The summed E-state index contributed by atoms with van der Waals surface area (Å²) in [6, 6.07) is 11.3. The van der Waals surface area contributed by atoms with Gasteiger partial charge < -0.3 is 14.8 Å². The molecule has 2 aromatic carbocycles. The fourth-order valence-electron chi connectivity index (χ4n) is 2.55. The number of non-ortho nitro benzene ring substituents is 1. The van der Waals surface area contributed by atoms with Gasteiger partial charge in [-0.2, -0.15) is 0 Å². The maximum absolute atomic E-state index is 12.1. The van der Waals surface area contributed by atoms with E-state index < -0.39 is 4.92 Å². The zero-order valence-electron chi connectivity index (χ0n) is 14.2. The number of hydrogen-bond donors (Lipinski definition) is 1. The molecule has 0 unspecified atom stereocenters. The molecule has 0 spiro atoms. The number of benzene rings is 2. The molecule has 1 atom stereocenters. The number of hydrogen-bond acceptors (Lipinski definition) is 5. The topological polar surface area (TPSA) is 90.7 Å². The minimum atomic E-state index is -0.463. The van der Waals surface area contributed by atoms with Gasteiger partial charge in [0.05, 0.1) is 11.0 Å². The van der Waals surface area contributed by atoms with Crippen LogP contribution in [0, 0.1) is 10.1 Å². The second kappa shape index (κ2) is 7.69. The van der Waals surface area contributed by atoms with Crippen molar-refractivity contribution >= 4 is 17.7 Å². The Morgan fingerprint density at radius 2 is 1.85 bits per heavy atom. The molecule has 0 bridgehead atoms. The number of carbonyl (C=O) groups is 1. The van der Waals surface area contributed by atoms with Crippen molar-refractivity contribution in [3.8, 4) is 11.5 Å². The molecule has 134 valence electrons. The molecule has 0 aromatic heterocycles. The van der Waals surface area contributed by atoms with E-state index in [9.17, 15) is 14.9 Å². The van der Waals surface area contributed by atoms with Crippen LogP contribution in [0.5, 0.6) is 11.5 Å². The van der Waals surface area contributed by atoms with E-state index in [1.165, 1.54) is 18.2 Å². The molecule has 0 aliphatic carbocycles. The smallest absolute Gasteiger partial charge is 0.269 e. The molecular formula is C19H18N2O5. The SMILES string of the molecule is C[C@@H](NC(=O)/C=C/c1ccc([N+](=O)[O-])cc1)c1ccc2c(c1)OCCO2. The molecule has 0 radical (unpaired) electrons. The highest BCUT2D eigenvalue weighted by molar-refractivity contribution is 5.92. The van der Waals surface area contributed by atoms with E-state index in [0.29, 0.717) is 30.3 Å². The van der Waals surface area contributed by atoms with Crippen LogP contribution in [-0.4, -0.2) is 24.0 Å². The monoisotopic (exact) mass is 354 g/mol. The summed E-state index contributed by atoms with van der Waals surface area (Å²) in [4.78, 5) is 22.3. The van der Waals surface area contributed by atoms with Crippen molar-refractivity contribution in [3.05, 3.63) is 69.8 Å². The first-order chi connectivity index (χ1) is 12.5. The van der Waals surface area contributed by atoms with E-state index in [4.69, 9.17) is 9.47 Å². The third kappa shape index (κ3) is 4.18. The van der Waals surface area contributed by atoms with Crippen molar-refractivity contribution in [1.29, 1.82) is 0 Å². The average Bonchev–Trinajstić information content (AvgIpc) is 2.66. The molecule has 1 N–H and O–H groups in total. The first-order valence-electron chi connectivity index (χ1n) is 8.15. The number of ether oxygens (including phenoxy) is 2. The molecule has 1 amide bonds. The molecule has 0 fully saturated rings. The molecule has 26 heavy (non-hydrogen) atoms. The molecule has 1 heterocycles. The number of amides is 1. The van der Waals surface area contributed by atoms with Crippen molar-refractivity contribution < 1.29 is 19.2 Å². The van der Waals surface area contributed by atoms with Gasteiger partial charge in [0, 0.05) is 18.2 Å². The first kappa shape index (κ1) is 17.5. The molecule has 3 rings (SSSR count). The van der Waals surface area contributed by atoms with Crippen LogP contribution in [0.25, 0.3) is 6.08 Å². The van der Waals surface area contributed by atoms with Gasteiger partial charge in [0.2, 0.25) is 5.91 Å². The highest BCUT2D eigenvalue weighted by atomic mass is 16.6. The Balaban J connectivity index is 1.61. The molecule has 2 aromatic rings. The molecule has 7 nitrogen and oxygen atoms in total. The Morgan fingerprint density at radius 3 is 2.54 bits per heavy atom. The summed E-state index contributed by atoms with van der Waals surface area (Å²) in [5.41, 5.74) is 1.63. The van der Waals surface area contributed by atoms with Crippen LogP contribution < -0.4 is 14.8 Å². The summed E-state index contributed by atoms with van der Waals surface area (Å²) in [5, 5.41) is 13.5. The second-order valence-corrected chi connectivity index (χ2v) is 5.82. The summed E-state index contributed by atoms with van der Waals surface area (Å²) in [5.74, 6) is 1.12. The third-order valence-corrected chi connectivity index (χ3v) is 3.96. The van der Waals surface area contributed by atoms with Crippen LogP contribution in [-0.2, 0) is 4.79 Å². The molecule has 0 saturated heterocycles. The van der Waals surface area contributed by atoms with Gasteiger partial charge in [0.1, 0.15) is 13.2 Å². The van der Waals surface area contributed by atoms with Gasteiger partial charge in [-0.1, -0.05) is 6.07 Å². The van der Waals surface area contributed by atoms with Gasteiger partial charge >= 0.3 is 0 Å². The van der Waals surface area contributed by atoms with Crippen molar-refractivity contribution in [2.45, 2.75) is 13.0 Å². The number of rotatable bonds is 5. The minimum absolute atomic E-state index is 0.0128. The zero-order valence-corrected chi connectivity index (χ0v) is 14.2. The van der Waals surface area contributed by atoms with Gasteiger partial charge in [-0.05, 0) is 48.4 Å². The van der Waals surface area contributed by atoms with E-state index in [-0.39, 0.29) is 17.6 Å². The fraction of sp³-hybridized carbons (Fsp3) is 0.211. The standard InChI is InChI=1S/C19H18N2O5/c1-13(15-5-8-17-18(12-15)26-11-10-25-17)20-19(22)9-4-14-2-6-16(7-3-14)21(23)24/h2-9,12-13H,10-11H2,1H3,(H,20,22)/b9-4+/t13-/m1/s1. The lowest BCUT2D eigenvalue weighted by molar-refractivity contribution is -0.384. The van der Waals surface area contributed by atoms with E-state index in [1.54, 1.807) is 18.2 Å². The van der Waals surface area contributed by atoms with Gasteiger partial charge in [0.15, 0.2) is 11.5 Å². The zero-order chi connectivity index (χ0) is 18.5. The summed E-state index contributed by atoms with van der Waals surface area (Å²) in [6.07, 6.45) is 3.01. The van der Waals surface area contributed by atoms with E-state index >= 15 is 0 Å². The maximum Gasteiger partial charge on any atom is 0.269 e. The molecule has 1 aliphatic heterocycles. The van der Waals surface area contributed by atoms with Gasteiger partial charge in [0.25, 0.3) is 5.69 Å². The Morgan fingerprint density at radius 1 is 1.15 bits per heavy atom. The summed E-state index contributed by atoms with van der Waals surface area (Å²) < 4.78 is 11.0. The Bertz CT molecular complexity index is 846. The number of nitro benzene ring substituents is 1. The number of nitrogens with one attached hydrogen (secondary N) is 1. The van der Waals surface area contributed by atoms with Crippen LogP contribution >= 0.6 is 0 Å². The molecule has 7 heteroatoms. The molecular weight excluding hydrogens is 336 g/mol. The normalized spacial score (nSPS) is 14.0. The lowest BCUT2D eigenvalue weighted by atomic mass is 10.1. The van der Waals surface area contributed by atoms with Gasteiger partial charge in [-0.3, -0.25) is 14.9 Å². The van der Waals surface area contributed by atoms with Crippen molar-refractivity contribution in [2.24, 2.45) is 0 Å². The highest BCUT2D eigenvalue weighted by Crippen LogP contribution is 2.32. The van der Waals surface area contributed by atoms with Crippen LogP contribution in [0.15, 0.2) is 48.5 Å². The maximum atomic E-state index is 12.1. The highest BCUT2D eigenvalue weighted by Gasteiger charge is 2.15. The number of nitrogens with zero attached hydrogens (tertiary/aromatic N) is 1. The summed E-state index contributed by atoms with van der Waals surface area (Å²) in [6.45, 7) is 2.92. The minimum Gasteiger partial charge on any atom is -0.486 e. The Kier molecular flexibility index (Phi) is 5.17. The van der Waals surface area contributed by atoms with Gasteiger partial charge in [-0.25, -0.2) is 0 Å². The average molecular weight is 354 g/mol. The summed E-state index contributed by atoms with van der Waals surface area (Å²) in [7, 11) is 0. The van der Waals surface area contributed by atoms with Crippen LogP contribution in [0.2, 0.25) is 0 Å². The molecule has 0 saturated carbocycles. The van der Waals surface area contributed by atoms with Crippen molar-refractivity contribution in [2.75, 3.05) is 13.2 Å². The number of carbonyl (C=O) groups excluding carboxylic acids is 1. The fourth-order valence-corrected chi connectivity index (χ4v) is 2.55. The number of nitro groups is 1. The van der Waals surface area contributed by atoms with E-state index in [1.807, 2.05) is 25.1 Å². The first-order valence-corrected chi connectivity index (χ1v) is 8.15. The van der Waals surface area contributed by atoms with Crippen LogP contribution in [0.1, 0.15) is 24.1 Å². The van der Waals surface area contributed by atoms with E-state index in [0.717, 1.165) is 5.56 Å². The largest absolute Gasteiger partial charge is 0.486 e.